The summed E-state index contributed by atoms with van der Waals surface area (Å²) in [7, 11) is 0. The molecule has 0 aromatic carbocycles. The number of hydrogen-bond acceptors (Lipinski definition) is 7. The first-order valence-electron chi connectivity index (χ1n) is 5.86. The lowest BCUT2D eigenvalue weighted by molar-refractivity contribution is -0.311. The fourth-order valence-corrected chi connectivity index (χ4v) is 1.70. The van der Waals surface area contributed by atoms with Crippen LogP contribution in [0.2, 0.25) is 0 Å². The van der Waals surface area contributed by atoms with Gasteiger partial charge in [-0.1, -0.05) is 0 Å². The molecular weight excluding hydrogens is 244 g/mol. The highest BCUT2D eigenvalue weighted by molar-refractivity contribution is 5.64. The van der Waals surface area contributed by atoms with E-state index in [9.17, 15) is 25.2 Å². The van der Waals surface area contributed by atoms with Crippen LogP contribution in [0, 0.1) is 0 Å². The van der Waals surface area contributed by atoms with Crippen molar-refractivity contribution in [3.8, 4) is 0 Å². The lowest BCUT2D eigenvalue weighted by Gasteiger charge is -2.37. The highest BCUT2D eigenvalue weighted by Crippen LogP contribution is 2.22. The quantitative estimate of drug-likeness (QED) is 0.512. The number of ether oxygens (including phenoxy) is 2. The summed E-state index contributed by atoms with van der Waals surface area (Å²) in [5.41, 5.74) is 0. The van der Waals surface area contributed by atoms with Crippen molar-refractivity contribution in [2.24, 2.45) is 0 Å². The Hall–Kier alpha value is -0.730. The number of aliphatic hydroxyl groups is 3. The SMILES string of the molecule is C[C@@H]1O[C@@H](O[C@H](C)[C@@H](O)CC(=O)[O-])[C@H](O)C[C@H]1O. The largest absolute Gasteiger partial charge is 0.550 e. The molecule has 106 valence electrons. The van der Waals surface area contributed by atoms with Crippen LogP contribution in [0.4, 0.5) is 0 Å². The minimum absolute atomic E-state index is 0.106. The number of aliphatic carboxylic acids is 1. The number of carbonyl (C=O) groups is 1. The average Bonchev–Trinajstić information content (AvgIpc) is 2.24. The molecule has 1 rings (SSSR count). The van der Waals surface area contributed by atoms with Crippen molar-refractivity contribution in [1.82, 2.24) is 0 Å². The summed E-state index contributed by atoms with van der Waals surface area (Å²) < 4.78 is 10.5. The lowest BCUT2D eigenvalue weighted by atomic mass is 10.0. The third-order valence-corrected chi connectivity index (χ3v) is 2.95. The van der Waals surface area contributed by atoms with Gasteiger partial charge in [-0.05, 0) is 13.8 Å². The zero-order chi connectivity index (χ0) is 13.9. The Labute approximate surface area is 105 Å². The number of carboxylic acids is 1. The van der Waals surface area contributed by atoms with Crippen molar-refractivity contribution in [1.29, 1.82) is 0 Å². The normalized spacial score (nSPS) is 36.1. The number of carboxylic acid groups (broad SMARTS) is 1. The zero-order valence-corrected chi connectivity index (χ0v) is 10.4. The van der Waals surface area contributed by atoms with E-state index in [2.05, 4.69) is 0 Å². The second-order valence-corrected chi connectivity index (χ2v) is 4.56. The molecule has 0 unspecified atom stereocenters. The number of carbonyl (C=O) groups excluding carboxylic acids is 1. The topological polar surface area (TPSA) is 119 Å². The van der Waals surface area contributed by atoms with E-state index in [1.807, 2.05) is 0 Å². The molecule has 1 heterocycles. The molecule has 0 aliphatic carbocycles. The molecule has 0 radical (unpaired) electrons. The number of rotatable bonds is 5. The fraction of sp³-hybridized carbons (Fsp3) is 0.909. The molecule has 0 saturated carbocycles. The third-order valence-electron chi connectivity index (χ3n) is 2.95. The van der Waals surface area contributed by atoms with Crippen molar-refractivity contribution in [3.05, 3.63) is 0 Å². The van der Waals surface area contributed by atoms with Crippen molar-refractivity contribution >= 4 is 5.97 Å². The molecule has 1 saturated heterocycles. The monoisotopic (exact) mass is 263 g/mol. The second-order valence-electron chi connectivity index (χ2n) is 4.56. The predicted molar refractivity (Wildman–Crippen MR) is 57.1 cm³/mol. The van der Waals surface area contributed by atoms with E-state index in [1.165, 1.54) is 6.92 Å². The first-order chi connectivity index (χ1) is 8.31. The fourth-order valence-electron chi connectivity index (χ4n) is 1.70. The van der Waals surface area contributed by atoms with Gasteiger partial charge in [0, 0.05) is 18.8 Å². The van der Waals surface area contributed by atoms with Crippen LogP contribution in [-0.4, -0.2) is 58.1 Å². The van der Waals surface area contributed by atoms with Crippen molar-refractivity contribution in [3.63, 3.8) is 0 Å². The van der Waals surface area contributed by atoms with Gasteiger partial charge in [-0.3, -0.25) is 0 Å². The lowest BCUT2D eigenvalue weighted by Crippen LogP contribution is -2.49. The highest BCUT2D eigenvalue weighted by Gasteiger charge is 2.36. The summed E-state index contributed by atoms with van der Waals surface area (Å²) >= 11 is 0. The molecule has 6 atom stereocenters. The molecule has 0 spiro atoms. The predicted octanol–water partition coefficient (Wildman–Crippen LogP) is -2.25. The first kappa shape index (κ1) is 15.3. The molecule has 0 bridgehead atoms. The standard InChI is InChI=1S/C11H20O7/c1-5-7(12)3-9(14)11(17-5)18-6(2)8(13)4-10(15)16/h5-9,11-14H,3-4H2,1-2H3,(H,15,16)/p-1/t5-,6+,7+,8-,9+,11-/m0/s1. The van der Waals surface area contributed by atoms with Gasteiger partial charge in [0.25, 0.3) is 0 Å². The maximum atomic E-state index is 10.3. The van der Waals surface area contributed by atoms with Gasteiger partial charge in [0.05, 0.1) is 24.4 Å². The maximum Gasteiger partial charge on any atom is 0.184 e. The molecule has 1 fully saturated rings. The Bertz CT molecular complexity index is 283. The maximum absolute atomic E-state index is 10.3. The van der Waals surface area contributed by atoms with Gasteiger partial charge < -0.3 is 34.7 Å². The Morgan fingerprint density at radius 2 is 2.11 bits per heavy atom. The van der Waals surface area contributed by atoms with Gasteiger partial charge in [-0.25, -0.2) is 0 Å². The summed E-state index contributed by atoms with van der Waals surface area (Å²) in [6.45, 7) is 3.11. The number of aliphatic hydroxyl groups excluding tert-OH is 3. The molecule has 0 aromatic heterocycles. The van der Waals surface area contributed by atoms with Crippen molar-refractivity contribution in [2.45, 2.75) is 63.5 Å². The molecule has 3 N–H and O–H groups in total. The van der Waals surface area contributed by atoms with Crippen LogP contribution in [0.1, 0.15) is 26.7 Å². The molecule has 1 aliphatic rings. The van der Waals surface area contributed by atoms with Gasteiger partial charge in [0.2, 0.25) is 0 Å². The van der Waals surface area contributed by atoms with Crippen LogP contribution in [-0.2, 0) is 14.3 Å². The van der Waals surface area contributed by atoms with E-state index < -0.39 is 49.2 Å². The van der Waals surface area contributed by atoms with E-state index in [0.29, 0.717) is 0 Å². The second kappa shape index (κ2) is 6.44. The smallest absolute Gasteiger partial charge is 0.184 e. The molecule has 0 aromatic rings. The summed E-state index contributed by atoms with van der Waals surface area (Å²) in [4.78, 5) is 10.3. The molecule has 7 heteroatoms. The molecule has 1 aliphatic heterocycles. The van der Waals surface area contributed by atoms with Gasteiger partial charge in [-0.2, -0.15) is 0 Å². The minimum Gasteiger partial charge on any atom is -0.550 e. The summed E-state index contributed by atoms with van der Waals surface area (Å²) in [5.74, 6) is -1.38. The first-order valence-corrected chi connectivity index (χ1v) is 5.86. The van der Waals surface area contributed by atoms with Gasteiger partial charge in [-0.15, -0.1) is 0 Å². The Kier molecular flexibility index (Phi) is 5.48. The molecule has 0 amide bonds. The van der Waals surface area contributed by atoms with E-state index in [1.54, 1.807) is 6.92 Å². The van der Waals surface area contributed by atoms with Crippen LogP contribution in [0.15, 0.2) is 0 Å². The van der Waals surface area contributed by atoms with Gasteiger partial charge >= 0.3 is 0 Å². The average molecular weight is 263 g/mol. The van der Waals surface area contributed by atoms with Crippen molar-refractivity contribution in [2.75, 3.05) is 0 Å². The summed E-state index contributed by atoms with van der Waals surface area (Å²) in [5, 5.41) is 38.9. The third kappa shape index (κ3) is 4.18. The summed E-state index contributed by atoms with van der Waals surface area (Å²) in [6.07, 6.45) is -5.80. The van der Waals surface area contributed by atoms with E-state index in [-0.39, 0.29) is 6.42 Å². The van der Waals surface area contributed by atoms with Gasteiger partial charge in [0.1, 0.15) is 6.10 Å². The van der Waals surface area contributed by atoms with Crippen LogP contribution in [0.3, 0.4) is 0 Å². The van der Waals surface area contributed by atoms with Crippen molar-refractivity contribution < 1.29 is 34.7 Å². The van der Waals surface area contributed by atoms with Crippen LogP contribution >= 0.6 is 0 Å². The summed E-state index contributed by atoms with van der Waals surface area (Å²) in [6, 6.07) is 0. The van der Waals surface area contributed by atoms with E-state index in [0.717, 1.165) is 0 Å². The van der Waals surface area contributed by atoms with E-state index in [4.69, 9.17) is 9.47 Å². The Balaban J connectivity index is 2.48. The Morgan fingerprint density at radius 1 is 1.50 bits per heavy atom. The minimum atomic E-state index is -1.38. The van der Waals surface area contributed by atoms with Crippen LogP contribution < -0.4 is 5.11 Å². The molecular formula is C11H19O7-. The molecule has 18 heavy (non-hydrogen) atoms. The highest BCUT2D eigenvalue weighted by atomic mass is 16.7. The number of hydrogen-bond donors (Lipinski definition) is 3. The zero-order valence-electron chi connectivity index (χ0n) is 10.4. The Morgan fingerprint density at radius 3 is 2.67 bits per heavy atom. The molecule has 7 nitrogen and oxygen atoms in total. The van der Waals surface area contributed by atoms with Gasteiger partial charge in [0.15, 0.2) is 6.29 Å². The van der Waals surface area contributed by atoms with Crippen LogP contribution in [0.25, 0.3) is 0 Å². The van der Waals surface area contributed by atoms with E-state index >= 15 is 0 Å². The van der Waals surface area contributed by atoms with Crippen LogP contribution in [0.5, 0.6) is 0 Å².